The summed E-state index contributed by atoms with van der Waals surface area (Å²) >= 11 is 1.59. The Bertz CT molecular complexity index is 416. The third kappa shape index (κ3) is 3.10. The molecule has 1 aromatic heterocycles. The molecule has 2 rings (SSSR count). The first kappa shape index (κ1) is 13.1. The molecular formula is C13H17NO3S. The summed E-state index contributed by atoms with van der Waals surface area (Å²) in [5.41, 5.74) is 0. The number of hydrogen-bond donors (Lipinski definition) is 0. The van der Waals surface area contributed by atoms with E-state index in [1.165, 1.54) is 7.11 Å². The molecule has 0 aliphatic carbocycles. The van der Waals surface area contributed by atoms with Gasteiger partial charge in [-0.1, -0.05) is 6.07 Å². The Morgan fingerprint density at radius 3 is 3.06 bits per heavy atom. The molecular weight excluding hydrogens is 250 g/mol. The first-order valence-electron chi connectivity index (χ1n) is 6.08. The molecule has 0 radical (unpaired) electrons. The SMILES string of the molecule is COC(=O)[C@H]1CCCN(C(=O)Cc2cccs2)C1. The van der Waals surface area contributed by atoms with Crippen LogP contribution in [0.4, 0.5) is 0 Å². The van der Waals surface area contributed by atoms with E-state index in [1.54, 1.807) is 16.2 Å². The van der Waals surface area contributed by atoms with Crippen LogP contribution in [0.1, 0.15) is 17.7 Å². The largest absolute Gasteiger partial charge is 0.469 e. The fourth-order valence-corrected chi connectivity index (χ4v) is 2.93. The van der Waals surface area contributed by atoms with Crippen molar-refractivity contribution in [2.45, 2.75) is 19.3 Å². The Labute approximate surface area is 111 Å². The Morgan fingerprint density at radius 2 is 2.39 bits per heavy atom. The van der Waals surface area contributed by atoms with E-state index in [1.807, 2.05) is 17.5 Å². The smallest absolute Gasteiger partial charge is 0.310 e. The number of methoxy groups -OCH3 is 1. The number of nitrogens with zero attached hydrogens (tertiary/aromatic N) is 1. The van der Waals surface area contributed by atoms with Crippen LogP contribution in [0.25, 0.3) is 0 Å². The van der Waals surface area contributed by atoms with Crippen molar-refractivity contribution in [2.75, 3.05) is 20.2 Å². The predicted octanol–water partition coefficient (Wildman–Crippen LogP) is 1.70. The normalized spacial score (nSPS) is 19.6. The number of likely N-dealkylation sites (tertiary alicyclic amines) is 1. The van der Waals surface area contributed by atoms with Gasteiger partial charge in [0.2, 0.25) is 5.91 Å². The molecule has 0 aromatic carbocycles. The van der Waals surface area contributed by atoms with Gasteiger partial charge in [0.25, 0.3) is 0 Å². The van der Waals surface area contributed by atoms with Crippen molar-refractivity contribution < 1.29 is 14.3 Å². The average Bonchev–Trinajstić information content (AvgIpc) is 2.90. The van der Waals surface area contributed by atoms with Gasteiger partial charge >= 0.3 is 5.97 Å². The molecule has 0 N–H and O–H groups in total. The molecule has 1 aliphatic rings. The van der Waals surface area contributed by atoms with Gasteiger partial charge in [0.1, 0.15) is 0 Å². The van der Waals surface area contributed by atoms with Crippen LogP contribution in [0.15, 0.2) is 17.5 Å². The summed E-state index contributed by atoms with van der Waals surface area (Å²) in [7, 11) is 1.40. The van der Waals surface area contributed by atoms with Crippen LogP contribution >= 0.6 is 11.3 Å². The molecule has 1 saturated heterocycles. The van der Waals surface area contributed by atoms with E-state index in [2.05, 4.69) is 0 Å². The number of carbonyl (C=O) groups excluding carboxylic acids is 2. The Kier molecular flexibility index (Phi) is 4.36. The minimum absolute atomic E-state index is 0.103. The van der Waals surface area contributed by atoms with E-state index in [0.29, 0.717) is 13.0 Å². The third-order valence-electron chi connectivity index (χ3n) is 3.21. The number of rotatable bonds is 3. The van der Waals surface area contributed by atoms with Crippen molar-refractivity contribution in [1.29, 1.82) is 0 Å². The fourth-order valence-electron chi connectivity index (χ4n) is 2.24. The van der Waals surface area contributed by atoms with E-state index in [0.717, 1.165) is 24.3 Å². The minimum atomic E-state index is -0.205. The van der Waals surface area contributed by atoms with Crippen molar-refractivity contribution in [3.8, 4) is 0 Å². The maximum absolute atomic E-state index is 12.1. The highest BCUT2D eigenvalue weighted by Crippen LogP contribution is 2.19. The highest BCUT2D eigenvalue weighted by Gasteiger charge is 2.28. The first-order chi connectivity index (χ1) is 8.70. The molecule has 4 nitrogen and oxygen atoms in total. The first-order valence-corrected chi connectivity index (χ1v) is 6.96. The van der Waals surface area contributed by atoms with Gasteiger partial charge < -0.3 is 9.64 Å². The number of thiophene rings is 1. The number of esters is 1. The van der Waals surface area contributed by atoms with E-state index in [4.69, 9.17) is 4.74 Å². The summed E-state index contributed by atoms with van der Waals surface area (Å²) in [5.74, 6) is -0.259. The van der Waals surface area contributed by atoms with E-state index in [-0.39, 0.29) is 17.8 Å². The molecule has 18 heavy (non-hydrogen) atoms. The zero-order valence-electron chi connectivity index (χ0n) is 10.4. The van der Waals surface area contributed by atoms with Crippen LogP contribution in [0.5, 0.6) is 0 Å². The highest BCUT2D eigenvalue weighted by molar-refractivity contribution is 7.10. The third-order valence-corrected chi connectivity index (χ3v) is 4.09. The van der Waals surface area contributed by atoms with Crippen LogP contribution in [0.3, 0.4) is 0 Å². The van der Waals surface area contributed by atoms with Gasteiger partial charge in [0, 0.05) is 18.0 Å². The number of carbonyl (C=O) groups is 2. The maximum atomic E-state index is 12.1. The molecule has 5 heteroatoms. The van der Waals surface area contributed by atoms with Crippen molar-refractivity contribution >= 4 is 23.2 Å². The fraction of sp³-hybridized carbons (Fsp3) is 0.538. The summed E-state index contributed by atoms with van der Waals surface area (Å²) in [6.07, 6.45) is 2.12. The van der Waals surface area contributed by atoms with Crippen LogP contribution in [0.2, 0.25) is 0 Å². The molecule has 0 saturated carbocycles. The van der Waals surface area contributed by atoms with Gasteiger partial charge in [-0.15, -0.1) is 11.3 Å². The molecule has 98 valence electrons. The second-order valence-electron chi connectivity index (χ2n) is 4.46. The lowest BCUT2D eigenvalue weighted by Crippen LogP contribution is -2.43. The van der Waals surface area contributed by atoms with Gasteiger partial charge in [0.15, 0.2) is 0 Å². The average molecular weight is 267 g/mol. The van der Waals surface area contributed by atoms with Crippen molar-refractivity contribution in [3.63, 3.8) is 0 Å². The molecule has 1 aliphatic heterocycles. The Balaban J connectivity index is 1.92. The Hall–Kier alpha value is -1.36. The summed E-state index contributed by atoms with van der Waals surface area (Å²) in [6, 6.07) is 3.91. The molecule has 1 aromatic rings. The van der Waals surface area contributed by atoms with Crippen molar-refractivity contribution in [3.05, 3.63) is 22.4 Å². The van der Waals surface area contributed by atoms with Gasteiger partial charge in [-0.2, -0.15) is 0 Å². The maximum Gasteiger partial charge on any atom is 0.310 e. The molecule has 0 unspecified atom stereocenters. The van der Waals surface area contributed by atoms with Crippen LogP contribution < -0.4 is 0 Å². The number of amides is 1. The summed E-state index contributed by atoms with van der Waals surface area (Å²) in [5, 5.41) is 1.97. The molecule has 1 amide bonds. The van der Waals surface area contributed by atoms with E-state index >= 15 is 0 Å². The van der Waals surface area contributed by atoms with Gasteiger partial charge in [0.05, 0.1) is 19.4 Å². The van der Waals surface area contributed by atoms with E-state index in [9.17, 15) is 9.59 Å². The summed E-state index contributed by atoms with van der Waals surface area (Å²) in [6.45, 7) is 1.24. The van der Waals surface area contributed by atoms with Crippen LogP contribution in [-0.4, -0.2) is 37.0 Å². The second kappa shape index (κ2) is 6.00. The summed E-state index contributed by atoms with van der Waals surface area (Å²) < 4.78 is 4.75. The number of hydrogen-bond acceptors (Lipinski definition) is 4. The molecule has 1 atom stereocenters. The molecule has 1 fully saturated rings. The predicted molar refractivity (Wildman–Crippen MR) is 69.3 cm³/mol. The molecule has 2 heterocycles. The Morgan fingerprint density at radius 1 is 1.56 bits per heavy atom. The second-order valence-corrected chi connectivity index (χ2v) is 5.49. The van der Waals surface area contributed by atoms with Crippen molar-refractivity contribution in [1.82, 2.24) is 4.90 Å². The quantitative estimate of drug-likeness (QED) is 0.783. The van der Waals surface area contributed by atoms with E-state index < -0.39 is 0 Å². The lowest BCUT2D eigenvalue weighted by Gasteiger charge is -2.31. The molecule has 0 spiro atoms. The zero-order valence-corrected chi connectivity index (χ0v) is 11.2. The van der Waals surface area contributed by atoms with Gasteiger partial charge in [-0.3, -0.25) is 9.59 Å². The van der Waals surface area contributed by atoms with Crippen molar-refractivity contribution in [2.24, 2.45) is 5.92 Å². The topological polar surface area (TPSA) is 46.6 Å². The van der Waals surface area contributed by atoms with Gasteiger partial charge in [-0.25, -0.2) is 0 Å². The lowest BCUT2D eigenvalue weighted by atomic mass is 9.98. The zero-order chi connectivity index (χ0) is 13.0. The number of ether oxygens (including phenoxy) is 1. The lowest BCUT2D eigenvalue weighted by molar-refractivity contribution is -0.148. The van der Waals surface area contributed by atoms with Gasteiger partial charge in [-0.05, 0) is 24.3 Å². The standard InChI is InChI=1S/C13H17NO3S/c1-17-13(16)10-4-2-6-14(9-10)12(15)8-11-5-3-7-18-11/h3,5,7,10H,2,4,6,8-9H2,1H3/t10-/m0/s1. The highest BCUT2D eigenvalue weighted by atomic mass is 32.1. The van der Waals surface area contributed by atoms with Crippen LogP contribution in [-0.2, 0) is 20.7 Å². The minimum Gasteiger partial charge on any atom is -0.469 e. The number of piperidine rings is 1. The summed E-state index contributed by atoms with van der Waals surface area (Å²) in [4.78, 5) is 26.4. The van der Waals surface area contributed by atoms with Crippen LogP contribution in [0, 0.1) is 5.92 Å². The molecule has 0 bridgehead atoms. The monoisotopic (exact) mass is 267 g/mol.